The molecular weight excluding hydrogens is 240 g/mol. The molecular formula is C14H16N4O. The zero-order valence-electron chi connectivity index (χ0n) is 10.9. The smallest absolute Gasteiger partial charge is 0.261 e. The molecule has 0 aliphatic rings. The third-order valence-electron chi connectivity index (χ3n) is 3.36. The molecule has 19 heavy (non-hydrogen) atoms. The van der Waals surface area contributed by atoms with Crippen LogP contribution in [-0.4, -0.2) is 19.2 Å². The van der Waals surface area contributed by atoms with Crippen LogP contribution in [0, 0.1) is 0 Å². The van der Waals surface area contributed by atoms with Crippen molar-refractivity contribution in [3.05, 3.63) is 41.1 Å². The lowest BCUT2D eigenvalue weighted by molar-refractivity contribution is 0.590. The molecule has 0 atom stereocenters. The average molecular weight is 256 g/mol. The third-order valence-corrected chi connectivity index (χ3v) is 3.36. The van der Waals surface area contributed by atoms with E-state index in [1.807, 2.05) is 18.3 Å². The molecule has 5 heteroatoms. The summed E-state index contributed by atoms with van der Waals surface area (Å²) in [6.45, 7) is 2.92. The van der Waals surface area contributed by atoms with Crippen molar-refractivity contribution in [1.82, 2.24) is 19.2 Å². The molecule has 3 aromatic rings. The molecule has 98 valence electrons. The molecule has 0 amide bonds. The summed E-state index contributed by atoms with van der Waals surface area (Å²) in [6.07, 6.45) is 8.50. The third kappa shape index (κ3) is 2.01. The second-order valence-corrected chi connectivity index (χ2v) is 4.68. The maximum atomic E-state index is 12.4. The second-order valence-electron chi connectivity index (χ2n) is 4.68. The van der Waals surface area contributed by atoms with E-state index in [1.54, 1.807) is 21.5 Å². The van der Waals surface area contributed by atoms with E-state index in [4.69, 9.17) is 0 Å². The van der Waals surface area contributed by atoms with Crippen LogP contribution in [0.3, 0.4) is 0 Å². The molecule has 0 aliphatic carbocycles. The fraction of sp³-hybridized carbons (Fsp3) is 0.357. The minimum absolute atomic E-state index is 0.0125. The van der Waals surface area contributed by atoms with Crippen LogP contribution in [-0.2, 0) is 6.54 Å². The van der Waals surface area contributed by atoms with Gasteiger partial charge >= 0.3 is 0 Å². The average Bonchev–Trinajstić information content (AvgIpc) is 2.90. The van der Waals surface area contributed by atoms with Gasteiger partial charge in [-0.2, -0.15) is 5.10 Å². The Morgan fingerprint density at radius 3 is 3.00 bits per heavy atom. The highest BCUT2D eigenvalue weighted by atomic mass is 16.1. The highest BCUT2D eigenvalue weighted by Crippen LogP contribution is 2.10. The van der Waals surface area contributed by atoms with Crippen LogP contribution < -0.4 is 5.56 Å². The normalized spacial score (nSPS) is 11.4. The molecule has 0 N–H and O–H groups in total. The number of unbranched alkanes of at least 4 members (excludes halogenated alkanes) is 2. The van der Waals surface area contributed by atoms with Gasteiger partial charge in [-0.15, -0.1) is 0 Å². The quantitative estimate of drug-likeness (QED) is 0.673. The lowest BCUT2D eigenvalue weighted by atomic mass is 10.2. The van der Waals surface area contributed by atoms with Gasteiger partial charge < -0.3 is 4.57 Å². The first-order valence-electron chi connectivity index (χ1n) is 6.63. The van der Waals surface area contributed by atoms with Gasteiger partial charge in [0.1, 0.15) is 0 Å². The predicted octanol–water partition coefficient (Wildman–Crippen LogP) is 2.23. The fourth-order valence-electron chi connectivity index (χ4n) is 2.31. The molecule has 3 aromatic heterocycles. The molecule has 0 aromatic carbocycles. The SMILES string of the molecule is CCCCCn1ccc2c(cnc3ccnn32)c1=O. The zero-order chi connectivity index (χ0) is 13.2. The van der Waals surface area contributed by atoms with Crippen molar-refractivity contribution >= 4 is 16.6 Å². The summed E-state index contributed by atoms with van der Waals surface area (Å²) in [7, 11) is 0. The summed E-state index contributed by atoms with van der Waals surface area (Å²) in [5.74, 6) is 0. The molecule has 0 aliphatic heterocycles. The van der Waals surface area contributed by atoms with Crippen molar-refractivity contribution in [2.75, 3.05) is 0 Å². The van der Waals surface area contributed by atoms with E-state index >= 15 is 0 Å². The first-order valence-corrected chi connectivity index (χ1v) is 6.63. The second kappa shape index (κ2) is 4.84. The largest absolute Gasteiger partial charge is 0.315 e. The van der Waals surface area contributed by atoms with Crippen molar-refractivity contribution in [1.29, 1.82) is 0 Å². The van der Waals surface area contributed by atoms with E-state index in [2.05, 4.69) is 17.0 Å². The van der Waals surface area contributed by atoms with Crippen molar-refractivity contribution in [3.63, 3.8) is 0 Å². The molecule has 0 saturated heterocycles. The monoisotopic (exact) mass is 256 g/mol. The van der Waals surface area contributed by atoms with Gasteiger partial charge in [0.05, 0.1) is 17.1 Å². The predicted molar refractivity (Wildman–Crippen MR) is 74.3 cm³/mol. The van der Waals surface area contributed by atoms with Gasteiger partial charge in [-0.3, -0.25) is 4.79 Å². The van der Waals surface area contributed by atoms with Crippen LogP contribution in [0.2, 0.25) is 0 Å². The van der Waals surface area contributed by atoms with Gasteiger partial charge in [-0.25, -0.2) is 9.50 Å². The van der Waals surface area contributed by atoms with E-state index in [-0.39, 0.29) is 5.56 Å². The summed E-state index contributed by atoms with van der Waals surface area (Å²) in [6, 6.07) is 3.76. The molecule has 0 saturated carbocycles. The number of aryl methyl sites for hydroxylation is 1. The Morgan fingerprint density at radius 1 is 1.26 bits per heavy atom. The van der Waals surface area contributed by atoms with E-state index in [1.165, 1.54) is 0 Å². The van der Waals surface area contributed by atoms with Crippen LogP contribution in [0.1, 0.15) is 26.2 Å². The Labute approximate surface area is 110 Å². The van der Waals surface area contributed by atoms with Gasteiger partial charge in [-0.1, -0.05) is 19.8 Å². The number of fused-ring (bicyclic) bond motifs is 3. The summed E-state index contributed by atoms with van der Waals surface area (Å²) in [5, 5.41) is 4.82. The molecule has 0 fully saturated rings. The Morgan fingerprint density at radius 2 is 2.16 bits per heavy atom. The lowest BCUT2D eigenvalue weighted by Crippen LogP contribution is -2.20. The van der Waals surface area contributed by atoms with E-state index in [0.717, 1.165) is 37.0 Å². The van der Waals surface area contributed by atoms with E-state index < -0.39 is 0 Å². The van der Waals surface area contributed by atoms with Crippen molar-refractivity contribution in [2.24, 2.45) is 0 Å². The van der Waals surface area contributed by atoms with Crippen LogP contribution in [0.5, 0.6) is 0 Å². The van der Waals surface area contributed by atoms with Gasteiger partial charge in [0.2, 0.25) is 0 Å². The summed E-state index contributed by atoms with van der Waals surface area (Å²) < 4.78 is 3.46. The van der Waals surface area contributed by atoms with Gasteiger partial charge in [0, 0.05) is 25.0 Å². The van der Waals surface area contributed by atoms with Crippen LogP contribution in [0.4, 0.5) is 0 Å². The molecule has 0 unspecified atom stereocenters. The minimum Gasteiger partial charge on any atom is -0.315 e. The zero-order valence-corrected chi connectivity index (χ0v) is 10.9. The van der Waals surface area contributed by atoms with E-state index in [0.29, 0.717) is 5.39 Å². The topological polar surface area (TPSA) is 52.2 Å². The first-order chi connectivity index (χ1) is 9.31. The molecule has 3 heterocycles. The standard InChI is InChI=1S/C14H16N4O/c1-2-3-4-8-17-9-6-12-11(14(17)19)10-15-13-5-7-16-18(12)13/h5-7,9-10H,2-4,8H2,1H3. The number of pyridine rings is 1. The molecule has 3 rings (SSSR count). The Bertz CT molecular complexity index is 772. The Hall–Kier alpha value is -2.17. The lowest BCUT2D eigenvalue weighted by Gasteiger charge is -2.07. The number of nitrogens with zero attached hydrogens (tertiary/aromatic N) is 4. The van der Waals surface area contributed by atoms with Gasteiger partial charge in [0.15, 0.2) is 5.65 Å². The maximum absolute atomic E-state index is 12.4. The van der Waals surface area contributed by atoms with Gasteiger partial charge in [0.25, 0.3) is 5.56 Å². The highest BCUT2D eigenvalue weighted by Gasteiger charge is 2.07. The first kappa shape index (κ1) is 11.9. The minimum atomic E-state index is 0.0125. The Balaban J connectivity index is 2.11. The van der Waals surface area contributed by atoms with Crippen molar-refractivity contribution in [2.45, 2.75) is 32.7 Å². The Kier molecular flexibility index (Phi) is 3.03. The maximum Gasteiger partial charge on any atom is 0.261 e. The van der Waals surface area contributed by atoms with Crippen LogP contribution in [0.15, 0.2) is 35.5 Å². The van der Waals surface area contributed by atoms with Crippen LogP contribution in [0.25, 0.3) is 16.6 Å². The molecule has 0 spiro atoms. The van der Waals surface area contributed by atoms with Crippen molar-refractivity contribution < 1.29 is 0 Å². The number of hydrogen-bond donors (Lipinski definition) is 0. The number of aromatic nitrogens is 4. The fourth-order valence-corrected chi connectivity index (χ4v) is 2.31. The molecule has 5 nitrogen and oxygen atoms in total. The van der Waals surface area contributed by atoms with E-state index in [9.17, 15) is 4.79 Å². The number of rotatable bonds is 4. The van der Waals surface area contributed by atoms with Gasteiger partial charge in [-0.05, 0) is 12.5 Å². The highest BCUT2D eigenvalue weighted by molar-refractivity contribution is 5.78. The summed E-state index contributed by atoms with van der Waals surface area (Å²) in [5.41, 5.74) is 1.58. The number of hydrogen-bond acceptors (Lipinski definition) is 3. The van der Waals surface area contributed by atoms with Crippen molar-refractivity contribution in [3.8, 4) is 0 Å². The summed E-state index contributed by atoms with van der Waals surface area (Å²) in [4.78, 5) is 16.6. The van der Waals surface area contributed by atoms with Crippen LogP contribution >= 0.6 is 0 Å². The molecule has 0 radical (unpaired) electrons. The summed E-state index contributed by atoms with van der Waals surface area (Å²) >= 11 is 0. The molecule has 0 bridgehead atoms.